The fourth-order valence-electron chi connectivity index (χ4n) is 2.50. The second kappa shape index (κ2) is 8.19. The van der Waals surface area contributed by atoms with Crippen LogP contribution in [0.15, 0.2) is 54.7 Å². The third-order valence-corrected chi connectivity index (χ3v) is 3.98. The second-order valence-electron chi connectivity index (χ2n) is 6.22. The van der Waals surface area contributed by atoms with Crippen molar-refractivity contribution in [2.45, 2.75) is 13.3 Å². The lowest BCUT2D eigenvalue weighted by molar-refractivity contribution is -0.274. The van der Waals surface area contributed by atoms with Crippen molar-refractivity contribution < 1.29 is 27.4 Å². The van der Waals surface area contributed by atoms with Crippen LogP contribution >= 0.6 is 0 Å². The molecule has 0 fully saturated rings. The van der Waals surface area contributed by atoms with Crippen molar-refractivity contribution in [2.75, 3.05) is 16.8 Å². The highest BCUT2D eigenvalue weighted by Crippen LogP contribution is 2.33. The summed E-state index contributed by atoms with van der Waals surface area (Å²) in [6, 6.07) is 11.2. The van der Waals surface area contributed by atoms with E-state index < -0.39 is 18.0 Å². The molecule has 5 N–H and O–H groups in total. The van der Waals surface area contributed by atoms with Crippen LogP contribution in [0.5, 0.6) is 17.2 Å². The molecule has 1 amide bonds. The summed E-state index contributed by atoms with van der Waals surface area (Å²) in [5.41, 5.74) is 12.8. The van der Waals surface area contributed by atoms with Crippen molar-refractivity contribution in [1.29, 1.82) is 0 Å². The first-order valence-corrected chi connectivity index (χ1v) is 8.58. The van der Waals surface area contributed by atoms with Gasteiger partial charge in [0.05, 0.1) is 0 Å². The van der Waals surface area contributed by atoms with Gasteiger partial charge in [-0.25, -0.2) is 4.98 Å². The van der Waals surface area contributed by atoms with Crippen molar-refractivity contribution in [3.63, 3.8) is 0 Å². The number of benzene rings is 2. The number of pyridine rings is 1. The molecule has 30 heavy (non-hydrogen) atoms. The summed E-state index contributed by atoms with van der Waals surface area (Å²) in [4.78, 5) is 16.3. The van der Waals surface area contributed by atoms with Crippen LogP contribution in [-0.2, 0) is 0 Å². The number of hydrogen-bond donors (Lipinski definition) is 3. The van der Waals surface area contributed by atoms with E-state index in [9.17, 15) is 18.0 Å². The predicted molar refractivity (Wildman–Crippen MR) is 105 cm³/mol. The molecule has 0 radical (unpaired) electrons. The van der Waals surface area contributed by atoms with Gasteiger partial charge in [-0.3, -0.25) is 4.79 Å². The minimum absolute atomic E-state index is 0.00838. The van der Waals surface area contributed by atoms with E-state index in [-0.39, 0.29) is 17.1 Å². The monoisotopic (exact) mass is 418 g/mol. The van der Waals surface area contributed by atoms with E-state index >= 15 is 0 Å². The summed E-state index contributed by atoms with van der Waals surface area (Å²) in [6.07, 6.45) is -3.41. The Labute approximate surface area is 169 Å². The molecule has 0 saturated heterocycles. The van der Waals surface area contributed by atoms with E-state index in [1.54, 1.807) is 31.2 Å². The zero-order valence-corrected chi connectivity index (χ0v) is 15.7. The molecule has 2 aromatic carbocycles. The Morgan fingerprint density at radius 3 is 2.57 bits per heavy atom. The van der Waals surface area contributed by atoms with Crippen molar-refractivity contribution in [1.82, 2.24) is 4.98 Å². The Balaban J connectivity index is 1.79. The van der Waals surface area contributed by atoms with Gasteiger partial charge in [-0.1, -0.05) is 12.1 Å². The molecule has 0 saturated carbocycles. The second-order valence-corrected chi connectivity index (χ2v) is 6.22. The summed E-state index contributed by atoms with van der Waals surface area (Å²) >= 11 is 0. The Morgan fingerprint density at radius 1 is 1.07 bits per heavy atom. The summed E-state index contributed by atoms with van der Waals surface area (Å²) in [5.74, 6) is -0.292. The fraction of sp³-hybridized carbons (Fsp3) is 0.100. The molecule has 1 aromatic heterocycles. The van der Waals surface area contributed by atoms with Gasteiger partial charge in [-0.05, 0) is 36.8 Å². The molecule has 3 aromatic rings. The van der Waals surface area contributed by atoms with Gasteiger partial charge in [0.25, 0.3) is 5.91 Å². The highest BCUT2D eigenvalue weighted by molar-refractivity contribution is 6.04. The minimum atomic E-state index is -4.85. The maximum Gasteiger partial charge on any atom is 0.573 e. The first kappa shape index (κ1) is 20.8. The maximum absolute atomic E-state index is 12.5. The Morgan fingerprint density at radius 2 is 1.83 bits per heavy atom. The largest absolute Gasteiger partial charge is 0.573 e. The molecule has 156 valence electrons. The molecule has 0 atom stereocenters. The first-order chi connectivity index (χ1) is 14.1. The summed E-state index contributed by atoms with van der Waals surface area (Å²) in [7, 11) is 0. The highest BCUT2D eigenvalue weighted by atomic mass is 19.4. The lowest BCUT2D eigenvalue weighted by Gasteiger charge is -2.14. The van der Waals surface area contributed by atoms with Gasteiger partial charge in [-0.15, -0.1) is 13.2 Å². The number of nitrogens with zero attached hydrogens (tertiary/aromatic N) is 1. The van der Waals surface area contributed by atoms with Gasteiger partial charge in [-0.2, -0.15) is 0 Å². The number of carbonyl (C=O) groups is 1. The van der Waals surface area contributed by atoms with E-state index in [2.05, 4.69) is 15.0 Å². The van der Waals surface area contributed by atoms with Crippen LogP contribution in [0, 0.1) is 6.92 Å². The van der Waals surface area contributed by atoms with Gasteiger partial charge in [0, 0.05) is 29.6 Å². The topological polar surface area (TPSA) is 112 Å². The lowest BCUT2D eigenvalue weighted by atomic mass is 10.1. The SMILES string of the molecule is Cc1ccc(NC(=O)c2cccc(OC(F)(F)F)c2)cc1Oc1ccnc(N)c1N. The minimum Gasteiger partial charge on any atom is -0.455 e. The number of ether oxygens (including phenoxy) is 2. The number of halogens is 3. The van der Waals surface area contributed by atoms with E-state index in [1.165, 1.54) is 18.3 Å². The molecule has 7 nitrogen and oxygen atoms in total. The average molecular weight is 418 g/mol. The zero-order valence-electron chi connectivity index (χ0n) is 15.7. The van der Waals surface area contributed by atoms with Crippen molar-refractivity contribution in [3.05, 3.63) is 65.9 Å². The van der Waals surface area contributed by atoms with E-state index in [0.717, 1.165) is 17.7 Å². The number of nitrogens with two attached hydrogens (primary N) is 2. The molecule has 0 aliphatic carbocycles. The molecule has 0 spiro atoms. The van der Waals surface area contributed by atoms with Gasteiger partial charge in [0.15, 0.2) is 5.75 Å². The smallest absolute Gasteiger partial charge is 0.455 e. The Bertz CT molecular complexity index is 1090. The van der Waals surface area contributed by atoms with Crippen molar-refractivity contribution in [2.24, 2.45) is 0 Å². The summed E-state index contributed by atoms with van der Waals surface area (Å²) in [6.45, 7) is 1.79. The maximum atomic E-state index is 12.5. The number of aromatic nitrogens is 1. The van der Waals surface area contributed by atoms with Crippen LogP contribution in [0.1, 0.15) is 15.9 Å². The lowest BCUT2D eigenvalue weighted by Crippen LogP contribution is -2.18. The van der Waals surface area contributed by atoms with Gasteiger partial charge < -0.3 is 26.3 Å². The quantitative estimate of drug-likeness (QED) is 0.563. The van der Waals surface area contributed by atoms with Crippen LogP contribution < -0.4 is 26.3 Å². The summed E-state index contributed by atoms with van der Waals surface area (Å²) < 4.78 is 46.8. The predicted octanol–water partition coefficient (Wildman–Crippen LogP) is 4.50. The Hall–Kier alpha value is -3.95. The van der Waals surface area contributed by atoms with Crippen LogP contribution in [0.3, 0.4) is 0 Å². The van der Waals surface area contributed by atoms with Crippen LogP contribution in [0.4, 0.5) is 30.4 Å². The van der Waals surface area contributed by atoms with Gasteiger partial charge in [0.2, 0.25) is 0 Å². The van der Waals surface area contributed by atoms with E-state index in [4.69, 9.17) is 16.2 Å². The molecular weight excluding hydrogens is 401 g/mol. The van der Waals surface area contributed by atoms with Crippen molar-refractivity contribution in [3.8, 4) is 17.2 Å². The molecule has 0 aliphatic rings. The number of hydrogen-bond acceptors (Lipinski definition) is 6. The molecule has 3 rings (SSSR count). The highest BCUT2D eigenvalue weighted by Gasteiger charge is 2.31. The zero-order chi connectivity index (χ0) is 21.9. The van der Waals surface area contributed by atoms with E-state index in [1.807, 2.05) is 0 Å². The number of anilines is 3. The number of alkyl halides is 3. The standard InChI is InChI=1S/C20H17F3N4O3/c1-11-5-6-13(10-16(11)29-15-7-8-26-18(25)17(15)24)27-19(28)12-3-2-4-14(9-12)30-20(21,22)23/h2-10H,24H2,1H3,(H2,25,26)(H,27,28). The van der Waals surface area contributed by atoms with E-state index in [0.29, 0.717) is 17.2 Å². The average Bonchev–Trinajstić information content (AvgIpc) is 2.67. The first-order valence-electron chi connectivity index (χ1n) is 8.58. The third kappa shape index (κ3) is 5.10. The molecule has 10 heteroatoms. The van der Waals surface area contributed by atoms with Gasteiger partial charge in [0.1, 0.15) is 23.0 Å². The molecule has 0 bridgehead atoms. The molecule has 1 heterocycles. The van der Waals surface area contributed by atoms with Gasteiger partial charge >= 0.3 is 6.36 Å². The number of amides is 1. The normalized spacial score (nSPS) is 11.1. The van der Waals surface area contributed by atoms with Crippen LogP contribution in [-0.4, -0.2) is 17.3 Å². The number of nitrogen functional groups attached to an aromatic ring is 2. The molecular formula is C20H17F3N4O3. The number of carbonyl (C=O) groups excluding carboxylic acids is 1. The van der Waals surface area contributed by atoms with Crippen LogP contribution in [0.25, 0.3) is 0 Å². The Kier molecular flexibility index (Phi) is 5.67. The third-order valence-electron chi connectivity index (χ3n) is 3.98. The fourth-order valence-corrected chi connectivity index (χ4v) is 2.50. The summed E-state index contributed by atoms with van der Waals surface area (Å²) in [5, 5.41) is 2.60. The molecule has 0 aliphatic heterocycles. The number of aryl methyl sites for hydroxylation is 1. The number of nitrogens with one attached hydrogen (secondary N) is 1. The van der Waals surface area contributed by atoms with Crippen LogP contribution in [0.2, 0.25) is 0 Å². The van der Waals surface area contributed by atoms with Crippen molar-refractivity contribution >= 4 is 23.1 Å². The molecule has 0 unspecified atom stereocenters. The number of rotatable bonds is 5.